The van der Waals surface area contributed by atoms with Crippen molar-refractivity contribution in [2.75, 3.05) is 0 Å². The molecule has 5 heteroatoms. The summed E-state index contributed by atoms with van der Waals surface area (Å²) in [5, 5.41) is 7.76. The molecule has 0 aliphatic rings. The largest absolute Gasteiger partial charge is 0.334 e. The van der Waals surface area contributed by atoms with Gasteiger partial charge in [-0.2, -0.15) is 10.1 Å². The normalized spacial score (nSPS) is 10.2. The lowest BCUT2D eigenvalue weighted by Gasteiger charge is -1.82. The summed E-state index contributed by atoms with van der Waals surface area (Å²) in [7, 11) is 1.83. The van der Waals surface area contributed by atoms with Gasteiger partial charge < -0.3 is 4.52 Å². The Balaban J connectivity index is 2.40. The molecule has 0 saturated carbocycles. The first-order chi connectivity index (χ1) is 6.29. The fourth-order valence-electron chi connectivity index (χ4n) is 0.972. The van der Waals surface area contributed by atoms with Crippen molar-refractivity contribution in [1.82, 2.24) is 19.9 Å². The van der Waals surface area contributed by atoms with Crippen LogP contribution in [0.2, 0.25) is 0 Å². The van der Waals surface area contributed by atoms with Gasteiger partial charge in [0, 0.05) is 13.2 Å². The third-order valence-electron chi connectivity index (χ3n) is 1.58. The van der Waals surface area contributed by atoms with Crippen molar-refractivity contribution in [3.8, 4) is 11.4 Å². The summed E-state index contributed by atoms with van der Waals surface area (Å²) in [5.41, 5.74) is 0.833. The summed E-state index contributed by atoms with van der Waals surface area (Å²) in [4.78, 5) is 4.06. The molecular formula is C8H8N4O. The molecule has 0 aliphatic carbocycles. The zero-order chi connectivity index (χ0) is 9.26. The van der Waals surface area contributed by atoms with Gasteiger partial charge in [0.2, 0.25) is 11.7 Å². The number of aromatic nitrogens is 4. The maximum absolute atomic E-state index is 4.86. The van der Waals surface area contributed by atoms with E-state index in [1.54, 1.807) is 10.9 Å². The molecule has 0 radical (unpaired) electrons. The van der Waals surface area contributed by atoms with E-state index in [0.717, 1.165) is 5.56 Å². The van der Waals surface area contributed by atoms with Crippen LogP contribution >= 0.6 is 0 Å². The van der Waals surface area contributed by atoms with Gasteiger partial charge in [-0.15, -0.1) is 0 Å². The van der Waals surface area contributed by atoms with Crippen molar-refractivity contribution in [3.05, 3.63) is 24.9 Å². The van der Waals surface area contributed by atoms with E-state index in [2.05, 4.69) is 21.8 Å². The molecular weight excluding hydrogens is 168 g/mol. The first-order valence-electron chi connectivity index (χ1n) is 3.75. The molecule has 5 nitrogen and oxygen atoms in total. The van der Waals surface area contributed by atoms with Gasteiger partial charge in [0.1, 0.15) is 0 Å². The van der Waals surface area contributed by atoms with E-state index in [9.17, 15) is 0 Å². The van der Waals surface area contributed by atoms with Gasteiger partial charge in [-0.25, -0.2) is 0 Å². The van der Waals surface area contributed by atoms with Crippen LogP contribution in [0.5, 0.6) is 0 Å². The molecule has 0 atom stereocenters. The minimum Gasteiger partial charge on any atom is -0.334 e. The van der Waals surface area contributed by atoms with Crippen molar-refractivity contribution in [1.29, 1.82) is 0 Å². The standard InChI is InChI=1S/C8H8N4O/c1-3-7-10-8(11-13-7)6-4-9-12(2)5-6/h3-5H,1H2,2H3. The number of aryl methyl sites for hydroxylation is 1. The molecule has 13 heavy (non-hydrogen) atoms. The van der Waals surface area contributed by atoms with Crippen LogP contribution in [-0.2, 0) is 7.05 Å². The van der Waals surface area contributed by atoms with E-state index in [0.29, 0.717) is 11.7 Å². The lowest BCUT2D eigenvalue weighted by molar-refractivity contribution is 0.411. The molecule has 66 valence electrons. The van der Waals surface area contributed by atoms with E-state index in [1.807, 2.05) is 13.2 Å². The molecule has 0 spiro atoms. The van der Waals surface area contributed by atoms with Crippen LogP contribution in [0.25, 0.3) is 17.5 Å². The maximum Gasteiger partial charge on any atom is 0.250 e. The van der Waals surface area contributed by atoms with E-state index in [4.69, 9.17) is 4.52 Å². The Kier molecular flexibility index (Phi) is 1.70. The topological polar surface area (TPSA) is 56.7 Å². The number of hydrogen-bond acceptors (Lipinski definition) is 4. The first kappa shape index (κ1) is 7.72. The number of nitrogens with zero attached hydrogens (tertiary/aromatic N) is 4. The molecule has 0 saturated heterocycles. The Labute approximate surface area is 74.7 Å². The summed E-state index contributed by atoms with van der Waals surface area (Å²) in [5.74, 6) is 0.946. The van der Waals surface area contributed by atoms with Gasteiger partial charge in [0.15, 0.2) is 0 Å². The van der Waals surface area contributed by atoms with Gasteiger partial charge >= 0.3 is 0 Å². The van der Waals surface area contributed by atoms with Gasteiger partial charge in [0.25, 0.3) is 0 Å². The fourth-order valence-corrected chi connectivity index (χ4v) is 0.972. The quantitative estimate of drug-likeness (QED) is 0.687. The van der Waals surface area contributed by atoms with Crippen LogP contribution < -0.4 is 0 Å². The summed E-state index contributed by atoms with van der Waals surface area (Å²) in [6, 6.07) is 0. The zero-order valence-corrected chi connectivity index (χ0v) is 7.14. The lowest BCUT2D eigenvalue weighted by Crippen LogP contribution is -1.84. The second-order valence-electron chi connectivity index (χ2n) is 2.56. The van der Waals surface area contributed by atoms with Gasteiger partial charge in [0.05, 0.1) is 11.8 Å². The predicted octanol–water partition coefficient (Wildman–Crippen LogP) is 1.11. The van der Waals surface area contributed by atoms with Crippen LogP contribution in [0, 0.1) is 0 Å². The molecule has 2 rings (SSSR count). The molecule has 0 aliphatic heterocycles. The maximum atomic E-state index is 4.86. The second kappa shape index (κ2) is 2.85. The van der Waals surface area contributed by atoms with Crippen LogP contribution in [0.15, 0.2) is 23.5 Å². The zero-order valence-electron chi connectivity index (χ0n) is 7.14. The molecule has 2 heterocycles. The van der Waals surface area contributed by atoms with Gasteiger partial charge in [-0.1, -0.05) is 11.7 Å². The third-order valence-corrected chi connectivity index (χ3v) is 1.58. The minimum atomic E-state index is 0.416. The Morgan fingerprint density at radius 3 is 3.00 bits per heavy atom. The minimum absolute atomic E-state index is 0.416. The first-order valence-corrected chi connectivity index (χ1v) is 3.75. The summed E-state index contributed by atoms with van der Waals surface area (Å²) >= 11 is 0. The molecule has 0 unspecified atom stereocenters. The molecule has 2 aromatic rings. The number of rotatable bonds is 2. The van der Waals surface area contributed by atoms with Crippen LogP contribution in [0.1, 0.15) is 5.89 Å². The third kappa shape index (κ3) is 1.35. The predicted molar refractivity (Wildman–Crippen MR) is 46.6 cm³/mol. The highest BCUT2D eigenvalue weighted by molar-refractivity contribution is 5.52. The van der Waals surface area contributed by atoms with Gasteiger partial charge in [-0.3, -0.25) is 4.68 Å². The Hall–Kier alpha value is -1.91. The van der Waals surface area contributed by atoms with Gasteiger partial charge in [-0.05, 0) is 6.08 Å². The van der Waals surface area contributed by atoms with E-state index in [1.165, 1.54) is 6.08 Å². The van der Waals surface area contributed by atoms with E-state index < -0.39 is 0 Å². The average Bonchev–Trinajstić information content (AvgIpc) is 2.71. The smallest absolute Gasteiger partial charge is 0.250 e. The van der Waals surface area contributed by atoms with E-state index in [-0.39, 0.29) is 0 Å². The SMILES string of the molecule is C=Cc1nc(-c2cnn(C)c2)no1. The fraction of sp³-hybridized carbons (Fsp3) is 0.125. The van der Waals surface area contributed by atoms with Crippen molar-refractivity contribution in [2.45, 2.75) is 0 Å². The van der Waals surface area contributed by atoms with Crippen molar-refractivity contribution >= 4 is 6.08 Å². The summed E-state index contributed by atoms with van der Waals surface area (Å²) < 4.78 is 6.54. The van der Waals surface area contributed by atoms with Crippen molar-refractivity contribution in [3.63, 3.8) is 0 Å². The highest BCUT2D eigenvalue weighted by Crippen LogP contribution is 2.13. The molecule has 2 aromatic heterocycles. The molecule has 0 N–H and O–H groups in total. The Morgan fingerprint density at radius 2 is 2.46 bits per heavy atom. The van der Waals surface area contributed by atoms with Crippen LogP contribution in [0.4, 0.5) is 0 Å². The highest BCUT2D eigenvalue weighted by atomic mass is 16.5. The highest BCUT2D eigenvalue weighted by Gasteiger charge is 2.07. The van der Waals surface area contributed by atoms with Crippen LogP contribution in [-0.4, -0.2) is 19.9 Å². The monoisotopic (exact) mass is 176 g/mol. The summed E-state index contributed by atoms with van der Waals surface area (Å²) in [6.07, 6.45) is 5.00. The Bertz CT molecular complexity index is 429. The second-order valence-corrected chi connectivity index (χ2v) is 2.56. The molecule has 0 fully saturated rings. The number of hydrogen-bond donors (Lipinski definition) is 0. The average molecular weight is 176 g/mol. The van der Waals surface area contributed by atoms with Crippen molar-refractivity contribution in [2.24, 2.45) is 7.05 Å². The summed E-state index contributed by atoms with van der Waals surface area (Å²) in [6.45, 7) is 3.53. The molecule has 0 aromatic carbocycles. The molecule has 0 amide bonds. The van der Waals surface area contributed by atoms with E-state index >= 15 is 0 Å². The lowest BCUT2D eigenvalue weighted by atomic mass is 10.3. The van der Waals surface area contributed by atoms with Crippen LogP contribution in [0.3, 0.4) is 0 Å². The van der Waals surface area contributed by atoms with Crippen molar-refractivity contribution < 1.29 is 4.52 Å². The Morgan fingerprint density at radius 1 is 1.62 bits per heavy atom. The molecule has 0 bridgehead atoms.